The van der Waals surface area contributed by atoms with Crippen molar-refractivity contribution in [2.45, 2.75) is 0 Å². The van der Waals surface area contributed by atoms with Gasteiger partial charge in [0.25, 0.3) is 5.96 Å². The second-order valence-electron chi connectivity index (χ2n) is 3.56. The standard InChI is InChI=1S/C12H11N5O3/c18-17(19)16-12(14-10-5-2-1-3-6-10)15-13-9-11-7-4-8-20-11/h1-9H,(H2,14,15,16)/b13-9+. The minimum atomic E-state index is -0.819. The number of rotatable bonds is 4. The van der Waals surface area contributed by atoms with Crippen molar-refractivity contribution >= 4 is 17.9 Å². The predicted octanol–water partition coefficient (Wildman–Crippen LogP) is 1.86. The van der Waals surface area contributed by atoms with E-state index in [1.807, 2.05) is 6.07 Å². The summed E-state index contributed by atoms with van der Waals surface area (Å²) in [7, 11) is 0. The highest BCUT2D eigenvalue weighted by atomic mass is 16.7. The van der Waals surface area contributed by atoms with Crippen LogP contribution in [0, 0.1) is 10.1 Å². The number of furan rings is 1. The molecule has 0 radical (unpaired) electrons. The molecule has 0 atom stereocenters. The molecule has 20 heavy (non-hydrogen) atoms. The van der Waals surface area contributed by atoms with Crippen LogP contribution in [0.4, 0.5) is 5.69 Å². The van der Waals surface area contributed by atoms with E-state index in [1.54, 1.807) is 36.4 Å². The zero-order valence-corrected chi connectivity index (χ0v) is 10.3. The third-order valence-electron chi connectivity index (χ3n) is 2.12. The monoisotopic (exact) mass is 273 g/mol. The lowest BCUT2D eigenvalue weighted by molar-refractivity contribution is -0.485. The summed E-state index contributed by atoms with van der Waals surface area (Å²) < 4.78 is 5.03. The SMILES string of the molecule is O=[N+]([O-])/N=C(\N/N=C/c1ccco1)Nc1ccccc1. The van der Waals surface area contributed by atoms with Gasteiger partial charge in [-0.25, -0.2) is 15.5 Å². The number of hydrogen-bond donors (Lipinski definition) is 2. The molecular weight excluding hydrogens is 262 g/mol. The molecule has 0 fully saturated rings. The van der Waals surface area contributed by atoms with Crippen LogP contribution in [0.2, 0.25) is 0 Å². The Hall–Kier alpha value is -3.16. The Bertz CT molecular complexity index is 607. The minimum Gasteiger partial charge on any atom is -0.463 e. The Morgan fingerprint density at radius 3 is 2.70 bits per heavy atom. The van der Waals surface area contributed by atoms with E-state index in [1.165, 1.54) is 12.5 Å². The molecule has 2 aromatic rings. The maximum atomic E-state index is 10.5. The summed E-state index contributed by atoms with van der Waals surface area (Å²) in [4.78, 5) is 10.5. The Labute approximate surface area is 113 Å². The molecule has 0 spiro atoms. The van der Waals surface area contributed by atoms with Crippen molar-refractivity contribution in [2.75, 3.05) is 5.32 Å². The molecular formula is C12H11N5O3. The van der Waals surface area contributed by atoms with Crippen molar-refractivity contribution in [3.8, 4) is 0 Å². The predicted molar refractivity (Wildman–Crippen MR) is 73.9 cm³/mol. The topological polar surface area (TPSA) is 105 Å². The molecule has 0 aliphatic rings. The van der Waals surface area contributed by atoms with Crippen LogP contribution in [-0.4, -0.2) is 17.2 Å². The molecule has 102 valence electrons. The van der Waals surface area contributed by atoms with Gasteiger partial charge in [0.05, 0.1) is 12.5 Å². The highest BCUT2D eigenvalue weighted by molar-refractivity contribution is 5.93. The maximum Gasteiger partial charge on any atom is 0.293 e. The average Bonchev–Trinajstić information content (AvgIpc) is 2.92. The Kier molecular flexibility index (Phi) is 4.44. The van der Waals surface area contributed by atoms with E-state index in [9.17, 15) is 10.1 Å². The van der Waals surface area contributed by atoms with Gasteiger partial charge in [-0.15, -0.1) is 0 Å². The van der Waals surface area contributed by atoms with Gasteiger partial charge < -0.3 is 9.73 Å². The zero-order valence-electron chi connectivity index (χ0n) is 10.3. The molecule has 1 aromatic carbocycles. The highest BCUT2D eigenvalue weighted by Crippen LogP contribution is 2.04. The van der Waals surface area contributed by atoms with Gasteiger partial charge in [0.1, 0.15) is 10.9 Å². The smallest absolute Gasteiger partial charge is 0.293 e. The molecule has 2 rings (SSSR count). The van der Waals surface area contributed by atoms with Crippen LogP contribution in [0.15, 0.2) is 63.3 Å². The molecule has 1 aromatic heterocycles. The van der Waals surface area contributed by atoms with Crippen molar-refractivity contribution in [2.24, 2.45) is 10.2 Å². The molecule has 8 heteroatoms. The second kappa shape index (κ2) is 6.69. The molecule has 0 amide bonds. The van der Waals surface area contributed by atoms with Crippen LogP contribution in [0.5, 0.6) is 0 Å². The summed E-state index contributed by atoms with van der Waals surface area (Å²) in [6, 6.07) is 12.3. The van der Waals surface area contributed by atoms with Crippen molar-refractivity contribution in [1.82, 2.24) is 5.43 Å². The van der Waals surface area contributed by atoms with E-state index >= 15 is 0 Å². The Balaban J connectivity index is 2.03. The van der Waals surface area contributed by atoms with Gasteiger partial charge in [0.2, 0.25) is 0 Å². The summed E-state index contributed by atoms with van der Waals surface area (Å²) in [5, 5.41) is 19.3. The number of nitrogens with zero attached hydrogens (tertiary/aromatic N) is 3. The number of nitro groups is 1. The van der Waals surface area contributed by atoms with E-state index in [2.05, 4.69) is 20.9 Å². The van der Waals surface area contributed by atoms with E-state index in [0.717, 1.165) is 0 Å². The largest absolute Gasteiger partial charge is 0.463 e. The average molecular weight is 273 g/mol. The van der Waals surface area contributed by atoms with E-state index in [-0.39, 0.29) is 5.96 Å². The van der Waals surface area contributed by atoms with Gasteiger partial charge >= 0.3 is 0 Å². The molecule has 0 unspecified atom stereocenters. The van der Waals surface area contributed by atoms with Gasteiger partial charge in [-0.3, -0.25) is 0 Å². The first-order valence-corrected chi connectivity index (χ1v) is 5.62. The van der Waals surface area contributed by atoms with Crippen LogP contribution in [0.1, 0.15) is 5.76 Å². The number of guanidine groups is 1. The lowest BCUT2D eigenvalue weighted by Crippen LogP contribution is -2.27. The van der Waals surface area contributed by atoms with E-state index < -0.39 is 5.03 Å². The van der Waals surface area contributed by atoms with E-state index in [0.29, 0.717) is 11.4 Å². The third-order valence-corrected chi connectivity index (χ3v) is 2.12. The number of para-hydroxylation sites is 1. The normalized spacial score (nSPS) is 11.5. The molecule has 0 saturated carbocycles. The molecule has 8 nitrogen and oxygen atoms in total. The van der Waals surface area contributed by atoms with Crippen molar-refractivity contribution < 1.29 is 9.45 Å². The lowest BCUT2D eigenvalue weighted by Gasteiger charge is -2.05. The molecule has 2 N–H and O–H groups in total. The molecule has 0 saturated heterocycles. The van der Waals surface area contributed by atoms with Crippen LogP contribution in [-0.2, 0) is 0 Å². The molecule has 1 heterocycles. The fourth-order valence-corrected chi connectivity index (χ4v) is 1.34. The molecule has 0 bridgehead atoms. The van der Waals surface area contributed by atoms with Crippen molar-refractivity contribution in [3.63, 3.8) is 0 Å². The number of benzene rings is 1. The third kappa shape index (κ3) is 4.26. The van der Waals surface area contributed by atoms with E-state index in [4.69, 9.17) is 4.42 Å². The summed E-state index contributed by atoms with van der Waals surface area (Å²) >= 11 is 0. The van der Waals surface area contributed by atoms with Crippen LogP contribution >= 0.6 is 0 Å². The first kappa shape index (κ1) is 13.3. The number of nitrogens with one attached hydrogen (secondary N) is 2. The summed E-state index contributed by atoms with van der Waals surface area (Å²) in [6.45, 7) is 0. The van der Waals surface area contributed by atoms with Crippen molar-refractivity contribution in [1.29, 1.82) is 0 Å². The van der Waals surface area contributed by atoms with Crippen LogP contribution in [0.3, 0.4) is 0 Å². The molecule has 0 aliphatic carbocycles. The highest BCUT2D eigenvalue weighted by Gasteiger charge is 2.04. The number of hydrogen-bond acceptors (Lipinski definition) is 4. The first-order chi connectivity index (χ1) is 9.74. The van der Waals surface area contributed by atoms with Crippen molar-refractivity contribution in [3.05, 3.63) is 64.6 Å². The molecule has 0 aliphatic heterocycles. The van der Waals surface area contributed by atoms with Crippen LogP contribution < -0.4 is 10.7 Å². The van der Waals surface area contributed by atoms with Gasteiger partial charge in [0.15, 0.2) is 5.03 Å². The van der Waals surface area contributed by atoms with Gasteiger partial charge in [-0.1, -0.05) is 18.2 Å². The Morgan fingerprint density at radius 1 is 1.25 bits per heavy atom. The number of hydrazone groups is 2. The summed E-state index contributed by atoms with van der Waals surface area (Å²) in [6.07, 6.45) is 2.87. The van der Waals surface area contributed by atoms with Crippen LogP contribution in [0.25, 0.3) is 0 Å². The summed E-state index contributed by atoms with van der Waals surface area (Å²) in [5.41, 5.74) is 3.09. The summed E-state index contributed by atoms with van der Waals surface area (Å²) in [5.74, 6) is 0.404. The minimum absolute atomic E-state index is 0.107. The first-order valence-electron chi connectivity index (χ1n) is 5.62. The van der Waals surface area contributed by atoms with Gasteiger partial charge in [-0.2, -0.15) is 5.10 Å². The quantitative estimate of drug-likeness (QED) is 0.383. The fourth-order valence-electron chi connectivity index (χ4n) is 1.34. The lowest BCUT2D eigenvalue weighted by atomic mass is 10.3. The second-order valence-corrected chi connectivity index (χ2v) is 3.56. The van der Waals surface area contributed by atoms with Gasteiger partial charge in [-0.05, 0) is 24.3 Å². The zero-order chi connectivity index (χ0) is 14.2. The Morgan fingerprint density at radius 2 is 2.05 bits per heavy atom. The number of anilines is 1. The fraction of sp³-hybridized carbons (Fsp3) is 0. The van der Waals surface area contributed by atoms with Gasteiger partial charge in [0, 0.05) is 5.69 Å². The maximum absolute atomic E-state index is 10.5.